The summed E-state index contributed by atoms with van der Waals surface area (Å²) >= 11 is 0. The summed E-state index contributed by atoms with van der Waals surface area (Å²) in [5, 5.41) is 3.22. The maximum Gasteiger partial charge on any atom is 0.239 e. The lowest BCUT2D eigenvalue weighted by Crippen LogP contribution is -2.46. The van der Waals surface area contributed by atoms with Crippen LogP contribution in [0.4, 0.5) is 0 Å². The molecule has 1 N–H and O–H groups in total. The average molecular weight is 211 g/mol. The lowest BCUT2D eigenvalue weighted by Gasteiger charge is -2.29. The Morgan fingerprint density at radius 1 is 1.40 bits per heavy atom. The Balaban J connectivity index is 2.00. The van der Waals surface area contributed by atoms with E-state index in [2.05, 4.69) is 10.2 Å². The molecule has 0 aromatic rings. The number of amides is 1. The molecule has 0 aromatic carbocycles. The quantitative estimate of drug-likeness (QED) is 0.708. The molecule has 1 amide bonds. The SMILES string of the molecule is CNCC1CCCN1C1CCN(C)C1=O. The molecule has 2 unspecified atom stereocenters. The number of hydrogen-bond donors (Lipinski definition) is 1. The molecular weight excluding hydrogens is 190 g/mol. The lowest BCUT2D eigenvalue weighted by atomic mass is 10.1. The third-order valence-electron chi connectivity index (χ3n) is 3.66. The van der Waals surface area contributed by atoms with Crippen LogP contribution in [0.1, 0.15) is 19.3 Å². The zero-order valence-electron chi connectivity index (χ0n) is 9.70. The van der Waals surface area contributed by atoms with Gasteiger partial charge in [-0.2, -0.15) is 0 Å². The van der Waals surface area contributed by atoms with Gasteiger partial charge in [0.25, 0.3) is 0 Å². The molecule has 2 heterocycles. The Hall–Kier alpha value is -0.610. The summed E-state index contributed by atoms with van der Waals surface area (Å²) in [6, 6.07) is 0.728. The number of likely N-dealkylation sites (tertiary alicyclic amines) is 2. The third-order valence-corrected chi connectivity index (χ3v) is 3.66. The van der Waals surface area contributed by atoms with Gasteiger partial charge in [0.2, 0.25) is 5.91 Å². The molecule has 4 nitrogen and oxygen atoms in total. The third kappa shape index (κ3) is 2.01. The maximum absolute atomic E-state index is 11.9. The normalized spacial score (nSPS) is 32.9. The first-order chi connectivity index (χ1) is 7.24. The Bertz CT molecular complexity index is 244. The number of nitrogens with zero attached hydrogens (tertiary/aromatic N) is 2. The predicted octanol–water partition coefficient (Wildman–Crippen LogP) is -0.0991. The highest BCUT2D eigenvalue weighted by molar-refractivity contribution is 5.83. The van der Waals surface area contributed by atoms with Crippen molar-refractivity contribution in [3.63, 3.8) is 0 Å². The Morgan fingerprint density at radius 3 is 2.80 bits per heavy atom. The minimum atomic E-state index is 0.163. The standard InChI is InChI=1S/C11H21N3O/c1-12-8-9-4-3-6-14(9)10-5-7-13(2)11(10)15/h9-10,12H,3-8H2,1-2H3. The van der Waals surface area contributed by atoms with Crippen LogP contribution in [0.5, 0.6) is 0 Å². The molecule has 2 atom stereocenters. The van der Waals surface area contributed by atoms with E-state index in [1.54, 1.807) is 0 Å². The molecule has 2 saturated heterocycles. The highest BCUT2D eigenvalue weighted by atomic mass is 16.2. The van der Waals surface area contributed by atoms with Crippen LogP contribution < -0.4 is 5.32 Å². The summed E-state index contributed by atoms with van der Waals surface area (Å²) in [4.78, 5) is 16.2. The summed E-state index contributed by atoms with van der Waals surface area (Å²) in [6.07, 6.45) is 3.48. The second kappa shape index (κ2) is 4.49. The van der Waals surface area contributed by atoms with Crippen LogP contribution in [0.3, 0.4) is 0 Å². The van der Waals surface area contributed by atoms with Crippen LogP contribution in [0.25, 0.3) is 0 Å². The second-order valence-electron chi connectivity index (χ2n) is 4.66. The van der Waals surface area contributed by atoms with Crippen molar-refractivity contribution in [1.82, 2.24) is 15.1 Å². The molecule has 0 spiro atoms. The summed E-state index contributed by atoms with van der Waals surface area (Å²) in [5.74, 6) is 0.318. The molecule has 4 heteroatoms. The van der Waals surface area contributed by atoms with Gasteiger partial charge < -0.3 is 10.2 Å². The molecule has 0 bridgehead atoms. The van der Waals surface area contributed by atoms with Crippen LogP contribution >= 0.6 is 0 Å². The first kappa shape index (κ1) is 10.9. The van der Waals surface area contributed by atoms with Crippen LogP contribution in [0.2, 0.25) is 0 Å². The van der Waals surface area contributed by atoms with E-state index in [1.807, 2.05) is 19.0 Å². The largest absolute Gasteiger partial charge is 0.344 e. The minimum absolute atomic E-state index is 0.163. The van der Waals surface area contributed by atoms with Crippen molar-refractivity contribution in [1.29, 1.82) is 0 Å². The average Bonchev–Trinajstić information content (AvgIpc) is 2.77. The highest BCUT2D eigenvalue weighted by Crippen LogP contribution is 2.25. The van der Waals surface area contributed by atoms with Gasteiger partial charge in [0, 0.05) is 26.2 Å². The Morgan fingerprint density at radius 2 is 2.20 bits per heavy atom. The molecule has 2 rings (SSSR count). The van der Waals surface area contributed by atoms with Crippen molar-refractivity contribution in [2.75, 3.05) is 33.7 Å². The minimum Gasteiger partial charge on any atom is -0.344 e. The van der Waals surface area contributed by atoms with Gasteiger partial charge in [-0.3, -0.25) is 9.69 Å². The number of likely N-dealkylation sites (N-methyl/N-ethyl adjacent to an activating group) is 2. The molecular formula is C11H21N3O. The molecule has 0 saturated carbocycles. The molecule has 2 aliphatic heterocycles. The smallest absolute Gasteiger partial charge is 0.239 e. The van der Waals surface area contributed by atoms with Gasteiger partial charge in [-0.15, -0.1) is 0 Å². The zero-order valence-corrected chi connectivity index (χ0v) is 9.70. The van der Waals surface area contributed by atoms with E-state index in [-0.39, 0.29) is 6.04 Å². The molecule has 0 radical (unpaired) electrons. The number of nitrogens with one attached hydrogen (secondary N) is 1. The molecule has 86 valence electrons. The highest BCUT2D eigenvalue weighted by Gasteiger charge is 2.38. The van der Waals surface area contributed by atoms with Crippen molar-refractivity contribution >= 4 is 5.91 Å². The monoisotopic (exact) mass is 211 g/mol. The van der Waals surface area contributed by atoms with E-state index in [1.165, 1.54) is 12.8 Å². The van der Waals surface area contributed by atoms with Gasteiger partial charge in [-0.05, 0) is 32.9 Å². The summed E-state index contributed by atoms with van der Waals surface area (Å²) in [6.45, 7) is 3.02. The van der Waals surface area contributed by atoms with Crippen LogP contribution in [0, 0.1) is 0 Å². The first-order valence-corrected chi connectivity index (χ1v) is 5.89. The fourth-order valence-corrected chi connectivity index (χ4v) is 2.83. The van der Waals surface area contributed by atoms with E-state index in [9.17, 15) is 4.79 Å². The van der Waals surface area contributed by atoms with Gasteiger partial charge in [0.15, 0.2) is 0 Å². The summed E-state index contributed by atoms with van der Waals surface area (Å²) < 4.78 is 0. The fraction of sp³-hybridized carbons (Fsp3) is 0.909. The van der Waals surface area contributed by atoms with E-state index >= 15 is 0 Å². The molecule has 2 aliphatic rings. The van der Waals surface area contributed by atoms with Gasteiger partial charge in [0.05, 0.1) is 6.04 Å². The van der Waals surface area contributed by atoms with Crippen molar-refractivity contribution in [2.24, 2.45) is 0 Å². The molecule has 2 fully saturated rings. The van der Waals surface area contributed by atoms with Crippen molar-refractivity contribution < 1.29 is 4.79 Å². The van der Waals surface area contributed by atoms with E-state index in [0.29, 0.717) is 11.9 Å². The topological polar surface area (TPSA) is 35.6 Å². The number of carbonyl (C=O) groups is 1. The van der Waals surface area contributed by atoms with Gasteiger partial charge in [-0.25, -0.2) is 0 Å². The fourth-order valence-electron chi connectivity index (χ4n) is 2.83. The Labute approximate surface area is 91.6 Å². The van der Waals surface area contributed by atoms with Crippen molar-refractivity contribution in [2.45, 2.75) is 31.3 Å². The summed E-state index contributed by atoms with van der Waals surface area (Å²) in [5.41, 5.74) is 0. The van der Waals surface area contributed by atoms with E-state index in [0.717, 1.165) is 26.1 Å². The lowest BCUT2D eigenvalue weighted by molar-refractivity contribution is -0.131. The summed E-state index contributed by atoms with van der Waals surface area (Å²) in [7, 11) is 3.89. The predicted molar refractivity (Wildman–Crippen MR) is 59.7 cm³/mol. The Kier molecular flexibility index (Phi) is 3.26. The number of rotatable bonds is 3. The molecule has 0 aromatic heterocycles. The van der Waals surface area contributed by atoms with Gasteiger partial charge >= 0.3 is 0 Å². The van der Waals surface area contributed by atoms with E-state index < -0.39 is 0 Å². The number of carbonyl (C=O) groups excluding carboxylic acids is 1. The number of hydrogen-bond acceptors (Lipinski definition) is 3. The van der Waals surface area contributed by atoms with Crippen LogP contribution in [0.15, 0.2) is 0 Å². The zero-order chi connectivity index (χ0) is 10.8. The second-order valence-corrected chi connectivity index (χ2v) is 4.66. The van der Waals surface area contributed by atoms with Crippen LogP contribution in [-0.4, -0.2) is 61.5 Å². The molecule has 15 heavy (non-hydrogen) atoms. The van der Waals surface area contributed by atoms with Crippen molar-refractivity contribution in [3.8, 4) is 0 Å². The first-order valence-electron chi connectivity index (χ1n) is 5.89. The van der Waals surface area contributed by atoms with Crippen LogP contribution in [-0.2, 0) is 4.79 Å². The maximum atomic E-state index is 11.9. The van der Waals surface area contributed by atoms with Gasteiger partial charge in [0.1, 0.15) is 0 Å². The van der Waals surface area contributed by atoms with E-state index in [4.69, 9.17) is 0 Å². The van der Waals surface area contributed by atoms with Crippen molar-refractivity contribution in [3.05, 3.63) is 0 Å². The molecule has 0 aliphatic carbocycles. The van der Waals surface area contributed by atoms with Gasteiger partial charge in [-0.1, -0.05) is 0 Å².